The van der Waals surface area contributed by atoms with E-state index in [1.54, 1.807) is 0 Å². The van der Waals surface area contributed by atoms with Gasteiger partial charge in [0.15, 0.2) is 11.6 Å². The fourth-order valence-electron chi connectivity index (χ4n) is 3.65. The van der Waals surface area contributed by atoms with Gasteiger partial charge >= 0.3 is 12.1 Å². The molecule has 0 atom stereocenters. The predicted molar refractivity (Wildman–Crippen MR) is 138 cm³/mol. The second kappa shape index (κ2) is 11.8. The first-order valence-corrected chi connectivity index (χ1v) is 13.6. The van der Waals surface area contributed by atoms with Crippen LogP contribution in [0.3, 0.4) is 0 Å². The number of hydrogen-bond acceptors (Lipinski definition) is 9. The lowest BCUT2D eigenvalue weighted by Crippen LogP contribution is -2.31. The van der Waals surface area contributed by atoms with E-state index in [1.807, 2.05) is 0 Å². The van der Waals surface area contributed by atoms with Crippen molar-refractivity contribution in [3.05, 3.63) is 83.2 Å². The highest BCUT2D eigenvalue weighted by Crippen LogP contribution is 2.37. The van der Waals surface area contributed by atoms with Gasteiger partial charge in [-0.15, -0.1) is 0 Å². The summed E-state index contributed by atoms with van der Waals surface area (Å²) in [7, 11) is -2.15. The summed E-state index contributed by atoms with van der Waals surface area (Å²) in [5.74, 6) is -5.88. The number of nitrogens with zero attached hydrogens (tertiary/aromatic N) is 3. The minimum atomic E-state index is -4.98. The van der Waals surface area contributed by atoms with Crippen LogP contribution in [0.1, 0.15) is 21.5 Å². The smallest absolute Gasteiger partial charge is 0.416 e. The van der Waals surface area contributed by atoms with Crippen LogP contribution in [0.2, 0.25) is 0 Å². The molecule has 0 amide bonds. The zero-order valence-corrected chi connectivity index (χ0v) is 23.0. The van der Waals surface area contributed by atoms with Crippen molar-refractivity contribution in [3.63, 3.8) is 0 Å². The Balaban J connectivity index is 1.74. The molecule has 1 aromatic heterocycles. The van der Waals surface area contributed by atoms with Crippen LogP contribution in [0.5, 0.6) is 23.0 Å². The third kappa shape index (κ3) is 6.36. The number of aromatic carboxylic acids is 1. The van der Waals surface area contributed by atoms with Gasteiger partial charge in [-0.1, -0.05) is 0 Å². The van der Waals surface area contributed by atoms with Crippen LogP contribution < -0.4 is 18.5 Å². The number of halogens is 5. The van der Waals surface area contributed by atoms with Gasteiger partial charge < -0.3 is 19.3 Å². The van der Waals surface area contributed by atoms with Gasteiger partial charge in [0, 0.05) is 35.3 Å². The quantitative estimate of drug-likeness (QED) is 0.218. The van der Waals surface area contributed by atoms with Gasteiger partial charge in [-0.05, 0) is 30.3 Å². The Bertz CT molecular complexity index is 1730. The summed E-state index contributed by atoms with van der Waals surface area (Å²) >= 11 is 0.654. The van der Waals surface area contributed by atoms with Crippen LogP contribution in [0.25, 0.3) is 0 Å². The molecule has 0 fully saturated rings. The molecule has 1 N–H and O–H groups in total. The monoisotopic (exact) mass is 631 g/mol. The molecule has 0 unspecified atom stereocenters. The molecule has 0 radical (unpaired) electrons. The van der Waals surface area contributed by atoms with Gasteiger partial charge in [-0.25, -0.2) is 31.3 Å². The molecule has 4 rings (SSSR count). The van der Waals surface area contributed by atoms with E-state index in [4.69, 9.17) is 19.3 Å². The first-order valence-electron chi connectivity index (χ1n) is 11.4. The van der Waals surface area contributed by atoms with E-state index >= 15 is 8.78 Å². The molecule has 0 saturated heterocycles. The lowest BCUT2D eigenvalue weighted by Gasteiger charge is -2.23. The number of aromatic nitrogens is 2. The van der Waals surface area contributed by atoms with Gasteiger partial charge in [0.25, 0.3) is 10.0 Å². The molecule has 0 aliphatic rings. The lowest BCUT2D eigenvalue weighted by molar-refractivity contribution is -0.137. The van der Waals surface area contributed by atoms with E-state index in [1.165, 1.54) is 32.4 Å². The zero-order chi connectivity index (χ0) is 30.8. The summed E-state index contributed by atoms with van der Waals surface area (Å²) in [5, 5.41) is 8.94. The number of methoxy groups -OCH3 is 2. The molecule has 4 aromatic rings. The third-order valence-corrected chi connectivity index (χ3v) is 8.19. The SMILES string of the molecule is COc1ccc(CN(c2ncns2)S(=O)(=O)c2cc(F)c(Oc3cc(C(=O)O)cc(C(F)(F)F)c3)cc2F)c(OC)c1. The molecule has 222 valence electrons. The number of sulfonamides is 1. The van der Waals surface area contributed by atoms with E-state index in [9.17, 15) is 26.4 Å². The fraction of sp³-hybridized carbons (Fsp3) is 0.160. The Kier molecular flexibility index (Phi) is 8.53. The Hall–Kier alpha value is -4.51. The minimum Gasteiger partial charge on any atom is -0.497 e. The molecule has 10 nitrogen and oxygen atoms in total. The highest BCUT2D eigenvalue weighted by molar-refractivity contribution is 7.93. The topological polar surface area (TPSA) is 128 Å². The van der Waals surface area contributed by atoms with Gasteiger partial charge in [-0.2, -0.15) is 17.5 Å². The van der Waals surface area contributed by atoms with Crippen LogP contribution in [-0.4, -0.2) is 43.1 Å². The molecule has 17 heteroatoms. The molecule has 0 bridgehead atoms. The normalized spacial score (nSPS) is 11.7. The molecular formula is C25H18F5N3O7S2. The van der Waals surface area contributed by atoms with Crippen molar-refractivity contribution >= 4 is 32.7 Å². The molecule has 1 heterocycles. The van der Waals surface area contributed by atoms with E-state index in [0.717, 1.165) is 6.33 Å². The van der Waals surface area contributed by atoms with Crippen molar-refractivity contribution in [2.75, 3.05) is 18.5 Å². The summed E-state index contributed by atoms with van der Waals surface area (Å²) in [4.78, 5) is 14.0. The van der Waals surface area contributed by atoms with Crippen LogP contribution >= 0.6 is 11.5 Å². The molecule has 3 aromatic carbocycles. The first kappa shape index (κ1) is 30.4. The molecule has 0 aliphatic carbocycles. The zero-order valence-electron chi connectivity index (χ0n) is 21.3. The van der Waals surface area contributed by atoms with Crippen molar-refractivity contribution in [3.8, 4) is 23.0 Å². The van der Waals surface area contributed by atoms with Crippen LogP contribution in [0.4, 0.5) is 27.1 Å². The van der Waals surface area contributed by atoms with Crippen LogP contribution in [0.15, 0.2) is 59.8 Å². The Morgan fingerprint density at radius 3 is 2.31 bits per heavy atom. The lowest BCUT2D eigenvalue weighted by atomic mass is 10.1. The number of carboxylic acid groups (broad SMARTS) is 1. The molecule has 0 spiro atoms. The average Bonchev–Trinajstić information content (AvgIpc) is 3.47. The Morgan fingerprint density at radius 2 is 1.71 bits per heavy atom. The fourth-order valence-corrected chi connectivity index (χ4v) is 5.84. The predicted octanol–water partition coefficient (Wildman–Crippen LogP) is 5.74. The number of ether oxygens (including phenoxy) is 3. The van der Waals surface area contributed by atoms with Crippen molar-refractivity contribution in [2.24, 2.45) is 0 Å². The number of carbonyl (C=O) groups is 1. The van der Waals surface area contributed by atoms with Crippen molar-refractivity contribution < 1.29 is 54.5 Å². The summed E-state index contributed by atoms with van der Waals surface area (Å²) in [6.07, 6.45) is -3.92. The van der Waals surface area contributed by atoms with Crippen molar-refractivity contribution in [1.29, 1.82) is 0 Å². The summed E-state index contributed by atoms with van der Waals surface area (Å²) in [5.41, 5.74) is -1.95. The van der Waals surface area contributed by atoms with E-state index in [0.29, 0.717) is 51.4 Å². The summed E-state index contributed by atoms with van der Waals surface area (Å²) < 4.78 is 117. The molecule has 42 heavy (non-hydrogen) atoms. The van der Waals surface area contributed by atoms with Crippen molar-refractivity contribution in [1.82, 2.24) is 9.36 Å². The molecule has 0 aliphatic heterocycles. The number of alkyl halides is 3. The number of rotatable bonds is 10. The summed E-state index contributed by atoms with van der Waals surface area (Å²) in [6.45, 7) is -0.452. The summed E-state index contributed by atoms with van der Waals surface area (Å²) in [6, 6.07) is 6.49. The number of hydrogen-bond donors (Lipinski definition) is 1. The Labute approximate surface area is 238 Å². The molecular weight excluding hydrogens is 613 g/mol. The number of carboxylic acids is 1. The standard InChI is InChI=1S/C25H18F5N3O7S2/c1-38-16-4-3-13(20(8-16)39-2)11-33(24-31-12-32-41-24)42(36,37)22-10-18(26)21(9-19(22)27)40-17-6-14(23(34)35)5-15(7-17)25(28,29)30/h3-10,12H,11H2,1-2H3,(H,34,35). The van der Waals surface area contributed by atoms with E-state index in [2.05, 4.69) is 9.36 Å². The van der Waals surface area contributed by atoms with Gasteiger partial charge in [0.2, 0.25) is 5.13 Å². The van der Waals surface area contributed by atoms with Crippen LogP contribution in [0, 0.1) is 11.6 Å². The highest BCUT2D eigenvalue weighted by Gasteiger charge is 2.34. The average molecular weight is 632 g/mol. The van der Waals surface area contributed by atoms with Crippen molar-refractivity contribution in [2.45, 2.75) is 17.6 Å². The first-order chi connectivity index (χ1) is 19.7. The second-order valence-corrected chi connectivity index (χ2v) is 10.9. The highest BCUT2D eigenvalue weighted by atomic mass is 32.2. The third-order valence-electron chi connectivity index (χ3n) is 5.63. The van der Waals surface area contributed by atoms with E-state index < -0.39 is 67.9 Å². The maximum Gasteiger partial charge on any atom is 0.416 e. The van der Waals surface area contributed by atoms with Gasteiger partial charge in [0.1, 0.15) is 34.3 Å². The van der Waals surface area contributed by atoms with Gasteiger partial charge in [0.05, 0.1) is 31.9 Å². The maximum absolute atomic E-state index is 15.3. The molecule has 0 saturated carbocycles. The van der Waals surface area contributed by atoms with Crippen LogP contribution in [-0.2, 0) is 22.7 Å². The minimum absolute atomic E-state index is 0.196. The second-order valence-electron chi connectivity index (χ2n) is 8.28. The Morgan fingerprint density at radius 1 is 0.976 bits per heavy atom. The maximum atomic E-state index is 15.3. The largest absolute Gasteiger partial charge is 0.497 e. The van der Waals surface area contributed by atoms with E-state index in [-0.39, 0.29) is 16.9 Å². The number of anilines is 1. The van der Waals surface area contributed by atoms with Gasteiger partial charge in [-0.3, -0.25) is 0 Å². The number of benzene rings is 3.